The topological polar surface area (TPSA) is 104 Å². The molecule has 134 valence electrons. The van der Waals surface area contributed by atoms with Crippen molar-refractivity contribution in [3.8, 4) is 11.6 Å². The van der Waals surface area contributed by atoms with Gasteiger partial charge in [0.25, 0.3) is 0 Å². The molecule has 0 aromatic carbocycles. The molecule has 2 aromatic rings. The number of hydrogen-bond donors (Lipinski definition) is 2. The van der Waals surface area contributed by atoms with E-state index in [-0.39, 0.29) is 24.4 Å². The van der Waals surface area contributed by atoms with Crippen LogP contribution < -0.4 is 5.32 Å². The lowest BCUT2D eigenvalue weighted by Crippen LogP contribution is -2.51. The van der Waals surface area contributed by atoms with E-state index in [1.165, 1.54) is 0 Å². The molecule has 2 N–H and O–H groups in total. The fourth-order valence-electron chi connectivity index (χ4n) is 3.04. The van der Waals surface area contributed by atoms with Crippen LogP contribution in [0.2, 0.25) is 0 Å². The van der Waals surface area contributed by atoms with Gasteiger partial charge in [0.1, 0.15) is 11.9 Å². The van der Waals surface area contributed by atoms with Gasteiger partial charge in [-0.2, -0.15) is 0 Å². The Balaban J connectivity index is 1.58. The van der Waals surface area contributed by atoms with Crippen LogP contribution in [0.5, 0.6) is 0 Å². The quantitative estimate of drug-likeness (QED) is 0.831. The Morgan fingerprint density at radius 3 is 3.08 bits per heavy atom. The summed E-state index contributed by atoms with van der Waals surface area (Å²) in [5.74, 6) is 1.48. The first-order valence-corrected chi connectivity index (χ1v) is 8.71. The summed E-state index contributed by atoms with van der Waals surface area (Å²) < 4.78 is 5.24. The third-order valence-electron chi connectivity index (χ3n) is 4.29. The SMILES string of the molecule is CCCC(=O)N1CCCC[C@@H]1C(=O)NCc1nc(-c2ccco2)n[nH]1. The molecular weight excluding hydrogens is 322 g/mol. The van der Waals surface area contributed by atoms with Crippen LogP contribution >= 0.6 is 0 Å². The third kappa shape index (κ3) is 4.07. The molecule has 25 heavy (non-hydrogen) atoms. The van der Waals surface area contributed by atoms with Crippen molar-refractivity contribution < 1.29 is 14.0 Å². The number of nitrogens with zero attached hydrogens (tertiary/aromatic N) is 3. The van der Waals surface area contributed by atoms with E-state index in [9.17, 15) is 9.59 Å². The highest BCUT2D eigenvalue weighted by atomic mass is 16.3. The van der Waals surface area contributed by atoms with Gasteiger partial charge in [0.15, 0.2) is 5.76 Å². The van der Waals surface area contributed by atoms with E-state index < -0.39 is 0 Å². The average Bonchev–Trinajstić information content (AvgIpc) is 3.31. The Kier molecular flexibility index (Phi) is 5.47. The van der Waals surface area contributed by atoms with E-state index in [0.29, 0.717) is 36.8 Å². The summed E-state index contributed by atoms with van der Waals surface area (Å²) in [5, 5.41) is 9.72. The number of aromatic nitrogens is 3. The first-order chi connectivity index (χ1) is 12.2. The van der Waals surface area contributed by atoms with Crippen molar-refractivity contribution in [2.45, 2.75) is 51.6 Å². The van der Waals surface area contributed by atoms with Gasteiger partial charge in [-0.15, -0.1) is 5.10 Å². The Hall–Kier alpha value is -2.64. The average molecular weight is 345 g/mol. The maximum Gasteiger partial charge on any atom is 0.243 e. The summed E-state index contributed by atoms with van der Waals surface area (Å²) in [4.78, 5) is 30.8. The maximum absolute atomic E-state index is 12.5. The van der Waals surface area contributed by atoms with Crippen LogP contribution in [-0.2, 0) is 16.1 Å². The molecule has 0 radical (unpaired) electrons. The molecule has 0 unspecified atom stereocenters. The smallest absolute Gasteiger partial charge is 0.243 e. The standard InChI is InChI=1S/C17H23N5O3/c1-2-6-15(23)22-9-4-3-7-12(22)17(24)18-11-14-19-16(21-20-14)13-8-5-10-25-13/h5,8,10,12H,2-4,6-7,9,11H2,1H3,(H,18,24)(H,19,20,21)/t12-/m1/s1. The second kappa shape index (κ2) is 7.96. The minimum atomic E-state index is -0.389. The second-order valence-corrected chi connectivity index (χ2v) is 6.15. The predicted octanol–water partition coefficient (Wildman–Crippen LogP) is 1.86. The van der Waals surface area contributed by atoms with Gasteiger partial charge in [-0.25, -0.2) is 4.98 Å². The largest absolute Gasteiger partial charge is 0.461 e. The number of furan rings is 1. The molecule has 3 rings (SSSR count). The molecule has 1 aliphatic heterocycles. The summed E-state index contributed by atoms with van der Waals surface area (Å²) in [6.45, 7) is 2.86. The Morgan fingerprint density at radius 1 is 1.44 bits per heavy atom. The van der Waals surface area contributed by atoms with E-state index in [1.807, 2.05) is 6.92 Å². The van der Waals surface area contributed by atoms with Crippen molar-refractivity contribution in [2.75, 3.05) is 6.54 Å². The van der Waals surface area contributed by atoms with E-state index in [4.69, 9.17) is 4.42 Å². The zero-order valence-corrected chi connectivity index (χ0v) is 14.3. The molecule has 0 saturated carbocycles. The van der Waals surface area contributed by atoms with Gasteiger partial charge in [-0.3, -0.25) is 14.7 Å². The Morgan fingerprint density at radius 2 is 2.32 bits per heavy atom. The van der Waals surface area contributed by atoms with Gasteiger partial charge < -0.3 is 14.6 Å². The lowest BCUT2D eigenvalue weighted by molar-refractivity contribution is -0.142. The van der Waals surface area contributed by atoms with Crippen molar-refractivity contribution in [1.29, 1.82) is 0 Å². The van der Waals surface area contributed by atoms with E-state index in [2.05, 4.69) is 20.5 Å². The number of H-pyrrole nitrogens is 1. The highest BCUT2D eigenvalue weighted by molar-refractivity contribution is 5.87. The lowest BCUT2D eigenvalue weighted by Gasteiger charge is -2.34. The van der Waals surface area contributed by atoms with Gasteiger partial charge >= 0.3 is 0 Å². The molecule has 0 bridgehead atoms. The summed E-state index contributed by atoms with van der Waals surface area (Å²) in [6, 6.07) is 3.14. The first kappa shape index (κ1) is 17.2. The number of carbonyl (C=O) groups is 2. The minimum Gasteiger partial charge on any atom is -0.461 e. The predicted molar refractivity (Wildman–Crippen MR) is 90.2 cm³/mol. The molecule has 8 nitrogen and oxygen atoms in total. The van der Waals surface area contributed by atoms with Crippen molar-refractivity contribution >= 4 is 11.8 Å². The third-order valence-corrected chi connectivity index (χ3v) is 4.29. The van der Waals surface area contributed by atoms with Gasteiger partial charge in [-0.05, 0) is 37.8 Å². The maximum atomic E-state index is 12.5. The van der Waals surface area contributed by atoms with Crippen LogP contribution in [0.3, 0.4) is 0 Å². The molecule has 8 heteroatoms. The molecule has 2 aromatic heterocycles. The second-order valence-electron chi connectivity index (χ2n) is 6.15. The van der Waals surface area contributed by atoms with Crippen LogP contribution in [-0.4, -0.2) is 44.5 Å². The zero-order valence-electron chi connectivity index (χ0n) is 14.3. The van der Waals surface area contributed by atoms with Crippen LogP contribution in [0.4, 0.5) is 0 Å². The Bertz CT molecular complexity index is 710. The number of nitrogens with one attached hydrogen (secondary N) is 2. The fraction of sp³-hybridized carbons (Fsp3) is 0.529. The first-order valence-electron chi connectivity index (χ1n) is 8.71. The molecule has 0 aliphatic carbocycles. The lowest BCUT2D eigenvalue weighted by atomic mass is 10.0. The summed E-state index contributed by atoms with van der Waals surface area (Å²) in [7, 11) is 0. The molecule has 1 saturated heterocycles. The summed E-state index contributed by atoms with van der Waals surface area (Å²) in [5.41, 5.74) is 0. The fourth-order valence-corrected chi connectivity index (χ4v) is 3.04. The number of piperidine rings is 1. The van der Waals surface area contributed by atoms with Gasteiger partial charge in [0, 0.05) is 13.0 Å². The number of hydrogen-bond acceptors (Lipinski definition) is 5. The number of amides is 2. The number of likely N-dealkylation sites (tertiary alicyclic amines) is 1. The van der Waals surface area contributed by atoms with Crippen LogP contribution in [0.1, 0.15) is 44.9 Å². The van der Waals surface area contributed by atoms with E-state index in [0.717, 1.165) is 19.3 Å². The molecule has 3 heterocycles. The molecule has 1 aliphatic rings. The molecule has 0 spiro atoms. The summed E-state index contributed by atoms with van der Waals surface area (Å²) in [6.07, 6.45) is 5.44. The van der Waals surface area contributed by atoms with Crippen LogP contribution in [0.15, 0.2) is 22.8 Å². The van der Waals surface area contributed by atoms with Crippen molar-refractivity contribution in [1.82, 2.24) is 25.4 Å². The zero-order chi connectivity index (χ0) is 17.6. The van der Waals surface area contributed by atoms with Gasteiger partial charge in [0.05, 0.1) is 12.8 Å². The highest BCUT2D eigenvalue weighted by Gasteiger charge is 2.31. The molecular formula is C17H23N5O3. The van der Waals surface area contributed by atoms with E-state index >= 15 is 0 Å². The molecule has 2 amide bonds. The van der Waals surface area contributed by atoms with Crippen molar-refractivity contribution in [3.05, 3.63) is 24.2 Å². The minimum absolute atomic E-state index is 0.0575. The normalized spacial score (nSPS) is 17.5. The molecule has 1 fully saturated rings. The van der Waals surface area contributed by atoms with Crippen LogP contribution in [0, 0.1) is 0 Å². The van der Waals surface area contributed by atoms with Gasteiger partial charge in [-0.1, -0.05) is 6.92 Å². The monoisotopic (exact) mass is 345 g/mol. The number of rotatable bonds is 6. The van der Waals surface area contributed by atoms with Gasteiger partial charge in [0.2, 0.25) is 17.6 Å². The van der Waals surface area contributed by atoms with Crippen LogP contribution in [0.25, 0.3) is 11.6 Å². The molecule has 1 atom stereocenters. The summed E-state index contributed by atoms with van der Waals surface area (Å²) >= 11 is 0. The van der Waals surface area contributed by atoms with Crippen molar-refractivity contribution in [3.63, 3.8) is 0 Å². The Labute approximate surface area is 146 Å². The number of aromatic amines is 1. The van der Waals surface area contributed by atoms with Crippen molar-refractivity contribution in [2.24, 2.45) is 0 Å². The number of carbonyl (C=O) groups excluding carboxylic acids is 2. The highest BCUT2D eigenvalue weighted by Crippen LogP contribution is 2.19. The van der Waals surface area contributed by atoms with E-state index in [1.54, 1.807) is 23.3 Å².